The molecular weight excluding hydrogens is 510 g/mol. The number of nitrogens with one attached hydrogen (secondary N) is 1. The van der Waals surface area contributed by atoms with Gasteiger partial charge in [-0.3, -0.25) is 9.00 Å². The second-order valence-corrected chi connectivity index (χ2v) is 16.6. The molecule has 6 fully saturated rings. The van der Waals surface area contributed by atoms with Crippen LogP contribution in [-0.2, 0) is 9.71 Å². The summed E-state index contributed by atoms with van der Waals surface area (Å²) in [5, 5.41) is 18.8. The average Bonchev–Trinajstić information content (AvgIpc) is 3.54. The minimum absolute atomic E-state index is 0.0717. The van der Waals surface area contributed by atoms with Crippen LogP contribution in [0.1, 0.15) is 88.6 Å². The molecule has 5 aliphatic carbocycles. The number of nitrogens with zero attached hydrogens (tertiary/aromatic N) is 2. The first-order chi connectivity index (χ1) is 17.5. The fraction of sp³-hybridized carbons (Fsp3) is 0.815. The van der Waals surface area contributed by atoms with Gasteiger partial charge >= 0.3 is 0 Å². The highest BCUT2D eigenvalue weighted by molar-refractivity contribution is 8.00. The molecule has 0 radical (unpaired) electrons. The van der Waals surface area contributed by atoms with Gasteiger partial charge in [-0.05, 0) is 94.0 Å². The molecule has 10 heteroatoms. The predicted octanol–water partition coefficient (Wildman–Crippen LogP) is 3.87. The Morgan fingerprint density at radius 1 is 1.27 bits per heavy atom. The van der Waals surface area contributed by atoms with Crippen LogP contribution in [0.3, 0.4) is 0 Å². The first kappa shape index (κ1) is 26.0. The van der Waals surface area contributed by atoms with Crippen molar-refractivity contribution in [2.45, 2.75) is 105 Å². The fourth-order valence-electron chi connectivity index (χ4n) is 7.99. The Labute approximate surface area is 224 Å². The number of amides is 1. The van der Waals surface area contributed by atoms with Gasteiger partial charge in [0.15, 0.2) is 0 Å². The summed E-state index contributed by atoms with van der Waals surface area (Å²) in [6.45, 7) is 5.04. The summed E-state index contributed by atoms with van der Waals surface area (Å²) in [5.74, 6) is 6.16. The summed E-state index contributed by atoms with van der Waals surface area (Å²) in [5.41, 5.74) is -1.03. The van der Waals surface area contributed by atoms with E-state index in [-0.39, 0.29) is 24.3 Å². The molecule has 0 spiro atoms. The third-order valence-electron chi connectivity index (χ3n) is 9.42. The number of carbonyl (C=O) groups is 1. The maximum Gasteiger partial charge on any atom is 0.291 e. The van der Waals surface area contributed by atoms with E-state index in [1.165, 1.54) is 12.8 Å². The molecule has 206 valence electrons. The van der Waals surface area contributed by atoms with Crippen LogP contribution in [0, 0.1) is 17.8 Å². The van der Waals surface area contributed by atoms with Crippen LogP contribution >= 0.6 is 11.8 Å². The number of carbonyl (C=O) groups excluding carboxylic acids is 1. The Bertz CT molecular complexity index is 1130. The monoisotopic (exact) mass is 551 g/mol. The lowest BCUT2D eigenvalue weighted by Gasteiger charge is -2.58. The quantitative estimate of drug-likeness (QED) is 0.473. The van der Waals surface area contributed by atoms with Gasteiger partial charge in [0.1, 0.15) is 11.5 Å². The summed E-state index contributed by atoms with van der Waals surface area (Å²) in [6.07, 6.45) is 10.1. The zero-order valence-corrected chi connectivity index (χ0v) is 23.7. The molecular formula is C27H41N3O5S2. The van der Waals surface area contributed by atoms with Gasteiger partial charge in [-0.1, -0.05) is 12.8 Å². The molecule has 1 saturated heterocycles. The smallest absolute Gasteiger partial charge is 0.291 e. The summed E-state index contributed by atoms with van der Waals surface area (Å²) in [7, 11) is -2.29. The van der Waals surface area contributed by atoms with Crippen molar-refractivity contribution in [3.8, 4) is 5.88 Å². The second-order valence-electron chi connectivity index (χ2n) is 12.9. The van der Waals surface area contributed by atoms with Crippen molar-refractivity contribution in [2.75, 3.05) is 18.9 Å². The topological polar surface area (TPSA) is 105 Å². The average molecular weight is 552 g/mol. The second kappa shape index (κ2) is 9.45. The van der Waals surface area contributed by atoms with Crippen molar-refractivity contribution in [3.63, 3.8) is 0 Å². The molecule has 2 N–H and O–H groups in total. The Balaban J connectivity index is 1.20. The third kappa shape index (κ3) is 4.96. The van der Waals surface area contributed by atoms with Crippen LogP contribution < -0.4 is 10.1 Å². The van der Waals surface area contributed by atoms with Crippen LogP contribution in [0.2, 0.25) is 0 Å². The number of hydrogen-bond acceptors (Lipinski definition) is 7. The number of aromatic nitrogens is 1. The normalized spacial score (nSPS) is 37.9. The highest BCUT2D eigenvalue weighted by Crippen LogP contribution is 2.55. The molecule has 5 saturated carbocycles. The van der Waals surface area contributed by atoms with Gasteiger partial charge in [0.25, 0.3) is 11.8 Å². The Hall–Kier alpha value is -1.23. The minimum atomic E-state index is -2.29. The molecule has 8 nitrogen and oxygen atoms in total. The van der Waals surface area contributed by atoms with E-state index in [1.807, 2.05) is 18.2 Å². The fourth-order valence-corrected chi connectivity index (χ4v) is 11.5. The zero-order chi connectivity index (χ0) is 26.0. The van der Waals surface area contributed by atoms with E-state index in [0.717, 1.165) is 57.9 Å². The molecule has 4 bridgehead atoms. The highest BCUT2D eigenvalue weighted by Gasteiger charge is 2.55. The zero-order valence-electron chi connectivity index (χ0n) is 22.1. The van der Waals surface area contributed by atoms with Crippen LogP contribution in [0.15, 0.2) is 9.42 Å². The Kier molecular flexibility index (Phi) is 6.65. The highest BCUT2D eigenvalue weighted by atomic mass is 32.2. The van der Waals surface area contributed by atoms with E-state index in [9.17, 15) is 14.1 Å². The largest absolute Gasteiger partial charge is 0.473 e. The van der Waals surface area contributed by atoms with E-state index in [0.29, 0.717) is 39.5 Å². The van der Waals surface area contributed by atoms with Crippen molar-refractivity contribution in [3.05, 3.63) is 5.76 Å². The molecule has 2 heterocycles. The van der Waals surface area contributed by atoms with Crippen LogP contribution in [-0.4, -0.2) is 71.9 Å². The standard InChI is InChI=1S/C27H41N3O5S2/c1-26(2,30-9-6-10-37(30,3)33)16-34-25-23(36-20-7-4-5-8-20)22(35-29-25)24(31)28-21-18-11-17-12-19(21)15-27(32,13-17)14-18/h17-21,32H,3-16H2,1-2H3,(H,28,31)/t17?,18?,19?,21-,27-,37?. The maximum absolute atomic E-state index is 13.6. The van der Waals surface area contributed by atoms with Gasteiger partial charge in [0.05, 0.1) is 11.1 Å². The van der Waals surface area contributed by atoms with E-state index in [2.05, 4.69) is 16.3 Å². The summed E-state index contributed by atoms with van der Waals surface area (Å²) in [4.78, 5) is 14.3. The predicted molar refractivity (Wildman–Crippen MR) is 145 cm³/mol. The lowest BCUT2D eigenvalue weighted by molar-refractivity contribution is -0.137. The molecule has 1 aromatic rings. The van der Waals surface area contributed by atoms with Gasteiger partial charge in [-0.2, -0.15) is 0 Å². The molecule has 1 aromatic heterocycles. The van der Waals surface area contributed by atoms with Gasteiger partial charge in [0, 0.05) is 33.3 Å². The van der Waals surface area contributed by atoms with Gasteiger partial charge < -0.3 is 19.7 Å². The lowest BCUT2D eigenvalue weighted by Crippen LogP contribution is -2.61. The van der Waals surface area contributed by atoms with Crippen LogP contribution in [0.4, 0.5) is 0 Å². The summed E-state index contributed by atoms with van der Waals surface area (Å²) < 4.78 is 26.8. The molecule has 37 heavy (non-hydrogen) atoms. The molecule has 1 amide bonds. The summed E-state index contributed by atoms with van der Waals surface area (Å²) in [6, 6.07) is 0.0717. The molecule has 0 aromatic carbocycles. The van der Waals surface area contributed by atoms with Crippen LogP contribution in [0.25, 0.3) is 0 Å². The van der Waals surface area contributed by atoms with Crippen molar-refractivity contribution >= 4 is 33.2 Å². The number of rotatable bonds is 8. The molecule has 1 aliphatic heterocycles. The SMILES string of the molecule is C=S1(=O)CCCN1C(C)(C)COc1noc(C(=O)N[C@H]2C3CC4CC2C[C@](O)(C4)C3)c1SC1CCCC1. The number of aliphatic hydroxyl groups is 1. The van der Waals surface area contributed by atoms with Crippen molar-refractivity contribution in [1.82, 2.24) is 14.8 Å². The Morgan fingerprint density at radius 2 is 1.97 bits per heavy atom. The lowest BCUT2D eigenvalue weighted by atomic mass is 9.52. The van der Waals surface area contributed by atoms with Gasteiger partial charge in [-0.25, -0.2) is 4.31 Å². The number of ether oxygens (including phenoxy) is 1. The first-order valence-electron chi connectivity index (χ1n) is 14.0. The van der Waals surface area contributed by atoms with Crippen molar-refractivity contribution in [2.24, 2.45) is 17.8 Å². The van der Waals surface area contributed by atoms with Gasteiger partial charge in [0.2, 0.25) is 5.76 Å². The van der Waals surface area contributed by atoms with E-state index in [1.54, 1.807) is 11.8 Å². The van der Waals surface area contributed by atoms with E-state index >= 15 is 0 Å². The van der Waals surface area contributed by atoms with Crippen molar-refractivity contribution in [1.29, 1.82) is 0 Å². The number of hydrogen-bond donors (Lipinski definition) is 2. The molecule has 6 aliphatic rings. The van der Waals surface area contributed by atoms with Crippen molar-refractivity contribution < 1.29 is 23.4 Å². The minimum Gasteiger partial charge on any atom is -0.473 e. The summed E-state index contributed by atoms with van der Waals surface area (Å²) >= 11 is 1.65. The molecule has 7 rings (SSSR count). The Morgan fingerprint density at radius 3 is 2.59 bits per heavy atom. The molecule has 3 atom stereocenters. The maximum atomic E-state index is 13.6. The van der Waals surface area contributed by atoms with E-state index < -0.39 is 20.8 Å². The van der Waals surface area contributed by atoms with Gasteiger partial charge in [-0.15, -0.1) is 11.8 Å². The molecule has 3 unspecified atom stereocenters. The van der Waals surface area contributed by atoms with E-state index in [4.69, 9.17) is 9.26 Å². The number of thioether (sulfide) groups is 1. The third-order valence-corrected chi connectivity index (χ3v) is 13.2. The van der Waals surface area contributed by atoms with Crippen LogP contribution in [0.5, 0.6) is 5.88 Å². The first-order valence-corrected chi connectivity index (χ1v) is 16.7.